The van der Waals surface area contributed by atoms with E-state index in [2.05, 4.69) is 11.9 Å². The van der Waals surface area contributed by atoms with Crippen LogP contribution >= 0.6 is 0 Å². The van der Waals surface area contributed by atoms with Crippen molar-refractivity contribution in [1.82, 2.24) is 5.32 Å². The summed E-state index contributed by atoms with van der Waals surface area (Å²) in [5, 5.41) is 49.2. The van der Waals surface area contributed by atoms with Crippen molar-refractivity contribution in [2.45, 2.75) is 36.7 Å². The van der Waals surface area contributed by atoms with Gasteiger partial charge in [-0.25, -0.2) is 0 Å². The molecule has 9 heteroatoms. The van der Waals surface area contributed by atoms with Crippen LogP contribution in [0.5, 0.6) is 0 Å². The number of rotatable bonds is 7. The zero-order chi connectivity index (χ0) is 16.0. The number of aliphatic hydroxyl groups excluding tert-OH is 5. The van der Waals surface area contributed by atoms with Crippen LogP contribution in [0, 0.1) is 0 Å². The van der Waals surface area contributed by atoms with Crippen molar-refractivity contribution < 1.29 is 39.8 Å². The first-order valence-corrected chi connectivity index (χ1v) is 6.40. The summed E-state index contributed by atoms with van der Waals surface area (Å²) < 4.78 is 10.4. The maximum absolute atomic E-state index is 11.4. The Kier molecular flexibility index (Phi) is 7.18. The number of ether oxygens (including phenoxy) is 2. The molecule has 6 N–H and O–H groups in total. The van der Waals surface area contributed by atoms with Crippen molar-refractivity contribution in [3.8, 4) is 0 Å². The molecule has 0 aromatic rings. The van der Waals surface area contributed by atoms with Crippen LogP contribution in [0.3, 0.4) is 0 Å². The van der Waals surface area contributed by atoms with Gasteiger partial charge in [-0.05, 0) is 6.08 Å². The standard InChI is InChI=1S/C12H21NO8/c1-2-8(17)13-9-11(19)10(18)7(4-15)21-12(9)20-5-6(16)3-14/h2,6-7,9-12,14-16,18-19H,1,3-5H2,(H,13,17)/t6?,7-,9-,10-,11-,12?/m1/s1. The molecule has 1 amide bonds. The van der Waals surface area contributed by atoms with E-state index in [9.17, 15) is 20.1 Å². The number of nitrogens with one attached hydrogen (secondary N) is 1. The first kappa shape index (κ1) is 18.0. The van der Waals surface area contributed by atoms with Gasteiger partial charge in [0, 0.05) is 0 Å². The predicted molar refractivity (Wildman–Crippen MR) is 68.9 cm³/mol. The molecule has 0 radical (unpaired) electrons. The van der Waals surface area contributed by atoms with Crippen LogP contribution in [0.15, 0.2) is 12.7 Å². The van der Waals surface area contributed by atoms with Crippen molar-refractivity contribution in [2.24, 2.45) is 0 Å². The fourth-order valence-electron chi connectivity index (χ4n) is 1.86. The lowest BCUT2D eigenvalue weighted by molar-refractivity contribution is -0.274. The summed E-state index contributed by atoms with van der Waals surface area (Å²) in [7, 11) is 0. The Morgan fingerprint density at radius 2 is 2.05 bits per heavy atom. The summed E-state index contributed by atoms with van der Waals surface area (Å²) in [6.07, 6.45) is -5.39. The molecule has 122 valence electrons. The van der Waals surface area contributed by atoms with Gasteiger partial charge in [-0.3, -0.25) is 4.79 Å². The average molecular weight is 307 g/mol. The normalized spacial score (nSPS) is 34.2. The Hall–Kier alpha value is -1.07. The number of hydrogen-bond donors (Lipinski definition) is 6. The Labute approximate surface area is 121 Å². The van der Waals surface area contributed by atoms with E-state index in [-0.39, 0.29) is 6.61 Å². The van der Waals surface area contributed by atoms with E-state index in [0.717, 1.165) is 6.08 Å². The van der Waals surface area contributed by atoms with Crippen molar-refractivity contribution in [3.05, 3.63) is 12.7 Å². The second-order valence-corrected chi connectivity index (χ2v) is 4.61. The first-order valence-electron chi connectivity index (χ1n) is 6.40. The monoisotopic (exact) mass is 307 g/mol. The molecule has 2 unspecified atom stereocenters. The van der Waals surface area contributed by atoms with E-state index in [1.54, 1.807) is 0 Å². The summed E-state index contributed by atoms with van der Waals surface area (Å²) in [6, 6.07) is -1.13. The minimum Gasteiger partial charge on any atom is -0.394 e. The lowest BCUT2D eigenvalue weighted by atomic mass is 9.97. The van der Waals surface area contributed by atoms with E-state index < -0.39 is 55.9 Å². The van der Waals surface area contributed by atoms with Crippen LogP contribution in [0.2, 0.25) is 0 Å². The number of carbonyl (C=O) groups is 1. The zero-order valence-corrected chi connectivity index (χ0v) is 11.3. The molecule has 0 spiro atoms. The van der Waals surface area contributed by atoms with Crippen LogP contribution in [-0.4, -0.2) is 88.0 Å². The van der Waals surface area contributed by atoms with Crippen LogP contribution in [-0.2, 0) is 14.3 Å². The molecule has 0 saturated carbocycles. The van der Waals surface area contributed by atoms with Gasteiger partial charge in [0.25, 0.3) is 0 Å². The number of carbonyl (C=O) groups excluding carboxylic acids is 1. The second-order valence-electron chi connectivity index (χ2n) is 4.61. The van der Waals surface area contributed by atoms with Crippen molar-refractivity contribution >= 4 is 5.91 Å². The highest BCUT2D eigenvalue weighted by atomic mass is 16.7. The van der Waals surface area contributed by atoms with Crippen molar-refractivity contribution in [3.63, 3.8) is 0 Å². The van der Waals surface area contributed by atoms with Gasteiger partial charge in [0.15, 0.2) is 6.29 Å². The van der Waals surface area contributed by atoms with Gasteiger partial charge >= 0.3 is 0 Å². The molecular formula is C12H21NO8. The molecule has 0 aromatic heterocycles. The van der Waals surface area contributed by atoms with Gasteiger partial charge in [0.2, 0.25) is 5.91 Å². The van der Waals surface area contributed by atoms with Crippen LogP contribution in [0.25, 0.3) is 0 Å². The number of aliphatic hydroxyl groups is 5. The lowest BCUT2D eigenvalue weighted by Crippen LogP contribution is -2.64. The molecule has 9 nitrogen and oxygen atoms in total. The maximum Gasteiger partial charge on any atom is 0.243 e. The van der Waals surface area contributed by atoms with Gasteiger partial charge < -0.3 is 40.3 Å². The predicted octanol–water partition coefficient (Wildman–Crippen LogP) is -3.53. The minimum atomic E-state index is -1.45. The van der Waals surface area contributed by atoms with Crippen molar-refractivity contribution in [1.29, 1.82) is 0 Å². The fourth-order valence-corrected chi connectivity index (χ4v) is 1.86. The van der Waals surface area contributed by atoms with Gasteiger partial charge in [-0.1, -0.05) is 6.58 Å². The maximum atomic E-state index is 11.4. The molecule has 21 heavy (non-hydrogen) atoms. The molecular weight excluding hydrogens is 286 g/mol. The molecule has 1 aliphatic rings. The van der Waals surface area contributed by atoms with Gasteiger partial charge in [-0.15, -0.1) is 0 Å². The summed E-state index contributed by atoms with van der Waals surface area (Å²) in [6.45, 7) is 1.84. The number of amides is 1. The molecule has 1 aliphatic heterocycles. The van der Waals surface area contributed by atoms with Crippen molar-refractivity contribution in [2.75, 3.05) is 19.8 Å². The first-order chi connectivity index (χ1) is 9.94. The highest BCUT2D eigenvalue weighted by Crippen LogP contribution is 2.22. The molecule has 1 heterocycles. The zero-order valence-electron chi connectivity index (χ0n) is 11.3. The minimum absolute atomic E-state index is 0.317. The van der Waals surface area contributed by atoms with Crippen LogP contribution < -0.4 is 5.32 Å². The van der Waals surface area contributed by atoms with Crippen LogP contribution in [0.1, 0.15) is 0 Å². The van der Waals surface area contributed by atoms with E-state index in [1.165, 1.54) is 0 Å². The smallest absolute Gasteiger partial charge is 0.243 e. The Bertz CT molecular complexity index is 352. The third-order valence-electron chi connectivity index (χ3n) is 3.04. The van der Waals surface area contributed by atoms with Gasteiger partial charge in [0.05, 0.1) is 19.8 Å². The summed E-state index contributed by atoms with van der Waals surface area (Å²) in [4.78, 5) is 11.4. The summed E-state index contributed by atoms with van der Waals surface area (Å²) in [5.41, 5.74) is 0. The largest absolute Gasteiger partial charge is 0.394 e. The molecule has 0 bridgehead atoms. The molecule has 0 aromatic carbocycles. The highest BCUT2D eigenvalue weighted by molar-refractivity contribution is 5.87. The Morgan fingerprint density at radius 1 is 1.38 bits per heavy atom. The molecule has 6 atom stereocenters. The summed E-state index contributed by atoms with van der Waals surface area (Å²) >= 11 is 0. The average Bonchev–Trinajstić information content (AvgIpc) is 2.50. The fraction of sp³-hybridized carbons (Fsp3) is 0.750. The van der Waals surface area contributed by atoms with Gasteiger partial charge in [0.1, 0.15) is 30.5 Å². The second kappa shape index (κ2) is 8.39. The third-order valence-corrected chi connectivity index (χ3v) is 3.04. The number of hydrogen-bond acceptors (Lipinski definition) is 8. The lowest BCUT2D eigenvalue weighted by Gasteiger charge is -2.42. The van der Waals surface area contributed by atoms with E-state index in [4.69, 9.17) is 19.7 Å². The van der Waals surface area contributed by atoms with E-state index in [1.807, 2.05) is 0 Å². The molecule has 1 rings (SSSR count). The quantitative estimate of drug-likeness (QED) is 0.265. The Balaban J connectivity index is 2.79. The van der Waals surface area contributed by atoms with Crippen LogP contribution in [0.4, 0.5) is 0 Å². The third kappa shape index (κ3) is 4.71. The summed E-state index contributed by atoms with van der Waals surface area (Å²) in [5.74, 6) is -0.617. The highest BCUT2D eigenvalue weighted by Gasteiger charge is 2.45. The molecule has 1 saturated heterocycles. The Morgan fingerprint density at radius 3 is 2.57 bits per heavy atom. The molecule has 0 aliphatic carbocycles. The SMILES string of the molecule is C=CC(=O)N[C@H]1C(OCC(O)CO)O[C@H](CO)[C@@H](O)[C@@H]1O. The molecule has 1 fully saturated rings. The van der Waals surface area contributed by atoms with E-state index >= 15 is 0 Å². The van der Waals surface area contributed by atoms with Gasteiger partial charge in [-0.2, -0.15) is 0 Å². The van der Waals surface area contributed by atoms with E-state index in [0.29, 0.717) is 0 Å². The topological polar surface area (TPSA) is 149 Å².